The fraction of sp³-hybridized carbons (Fsp3) is 0.609. The van der Waals surface area contributed by atoms with Crippen LogP contribution in [0.1, 0.15) is 46.0 Å². The monoisotopic (exact) mass is 431 g/mol. The molecular formula is C23H30ClN3O3. The van der Waals surface area contributed by atoms with Gasteiger partial charge in [-0.3, -0.25) is 14.4 Å². The van der Waals surface area contributed by atoms with Gasteiger partial charge in [-0.1, -0.05) is 25.4 Å². The zero-order valence-corrected chi connectivity index (χ0v) is 18.3. The van der Waals surface area contributed by atoms with E-state index in [1.165, 1.54) is 0 Å². The van der Waals surface area contributed by atoms with E-state index in [4.69, 9.17) is 11.6 Å². The van der Waals surface area contributed by atoms with Gasteiger partial charge in [0.05, 0.1) is 5.92 Å². The minimum absolute atomic E-state index is 0.0415. The Morgan fingerprint density at radius 3 is 2.67 bits per heavy atom. The van der Waals surface area contributed by atoms with Gasteiger partial charge in [-0.05, 0) is 61.8 Å². The molecule has 1 saturated carbocycles. The molecule has 1 aromatic rings. The standard InChI is InChI=1S/C23H30ClN3O3/c1-3-18-13(2)19-9-6-16(11-20(19)26-23(18)30)25-22(29)14-10-21(28)27(12-14)17-7-4-15(24)5-8-17/h4-5,7-8,13-14,16,18-20H,3,6,9-12H2,1-2H3,(H,25,29)(H,26,30). The molecule has 1 aromatic carbocycles. The Balaban J connectivity index is 1.34. The fourth-order valence-corrected chi connectivity index (χ4v) is 5.70. The van der Waals surface area contributed by atoms with Crippen LogP contribution in [0.2, 0.25) is 5.02 Å². The first-order chi connectivity index (χ1) is 14.4. The quantitative estimate of drug-likeness (QED) is 0.768. The third-order valence-electron chi connectivity index (χ3n) is 7.30. The van der Waals surface area contributed by atoms with Crippen LogP contribution in [0.5, 0.6) is 0 Å². The first-order valence-corrected chi connectivity index (χ1v) is 11.4. The number of rotatable bonds is 4. The highest BCUT2D eigenvalue weighted by Gasteiger charge is 2.44. The molecule has 0 radical (unpaired) electrons. The number of halogens is 1. The third-order valence-corrected chi connectivity index (χ3v) is 7.55. The Kier molecular flexibility index (Phi) is 6.05. The van der Waals surface area contributed by atoms with Crippen LogP contribution >= 0.6 is 11.6 Å². The van der Waals surface area contributed by atoms with Crippen LogP contribution in [0.25, 0.3) is 0 Å². The van der Waals surface area contributed by atoms with Crippen molar-refractivity contribution in [3.63, 3.8) is 0 Å². The van der Waals surface area contributed by atoms with E-state index in [-0.39, 0.29) is 48.1 Å². The van der Waals surface area contributed by atoms with Crippen molar-refractivity contribution < 1.29 is 14.4 Å². The van der Waals surface area contributed by atoms with Crippen molar-refractivity contribution in [2.75, 3.05) is 11.4 Å². The molecule has 30 heavy (non-hydrogen) atoms. The van der Waals surface area contributed by atoms with Crippen LogP contribution in [-0.2, 0) is 14.4 Å². The Morgan fingerprint density at radius 2 is 1.97 bits per heavy atom. The molecule has 0 spiro atoms. The molecule has 3 amide bonds. The minimum Gasteiger partial charge on any atom is -0.353 e. The Hall–Kier alpha value is -2.08. The summed E-state index contributed by atoms with van der Waals surface area (Å²) in [6.45, 7) is 4.65. The molecule has 2 aliphatic heterocycles. The van der Waals surface area contributed by atoms with Crippen LogP contribution in [0.4, 0.5) is 5.69 Å². The van der Waals surface area contributed by atoms with Crippen LogP contribution in [0.3, 0.4) is 0 Å². The largest absolute Gasteiger partial charge is 0.353 e. The zero-order valence-electron chi connectivity index (χ0n) is 17.6. The lowest BCUT2D eigenvalue weighted by atomic mass is 9.67. The zero-order chi connectivity index (χ0) is 21.4. The highest BCUT2D eigenvalue weighted by atomic mass is 35.5. The number of piperidine rings is 1. The fourth-order valence-electron chi connectivity index (χ4n) is 5.58. The molecule has 162 valence electrons. The maximum Gasteiger partial charge on any atom is 0.227 e. The normalized spacial score (nSPS) is 33.8. The summed E-state index contributed by atoms with van der Waals surface area (Å²) < 4.78 is 0. The highest BCUT2D eigenvalue weighted by molar-refractivity contribution is 6.30. The summed E-state index contributed by atoms with van der Waals surface area (Å²) in [4.78, 5) is 39.4. The van der Waals surface area contributed by atoms with E-state index in [0.717, 1.165) is 31.4 Å². The van der Waals surface area contributed by atoms with E-state index >= 15 is 0 Å². The van der Waals surface area contributed by atoms with Crippen molar-refractivity contribution in [1.82, 2.24) is 10.6 Å². The van der Waals surface area contributed by atoms with Gasteiger partial charge in [0.15, 0.2) is 0 Å². The van der Waals surface area contributed by atoms with E-state index in [1.54, 1.807) is 29.2 Å². The summed E-state index contributed by atoms with van der Waals surface area (Å²) in [5, 5.41) is 6.97. The SMILES string of the molecule is CCC1C(=O)NC2CC(NC(=O)C3CC(=O)N(c4ccc(Cl)cc4)C3)CCC2C1C. The second-order valence-electron chi connectivity index (χ2n) is 9.05. The third kappa shape index (κ3) is 4.07. The summed E-state index contributed by atoms with van der Waals surface area (Å²) in [5.41, 5.74) is 0.768. The number of hydrogen-bond acceptors (Lipinski definition) is 3. The van der Waals surface area contributed by atoms with Gasteiger partial charge in [0.2, 0.25) is 17.7 Å². The van der Waals surface area contributed by atoms with E-state index in [9.17, 15) is 14.4 Å². The summed E-state index contributed by atoms with van der Waals surface area (Å²) in [6.07, 6.45) is 3.79. The lowest BCUT2D eigenvalue weighted by Gasteiger charge is -2.46. The lowest BCUT2D eigenvalue weighted by molar-refractivity contribution is -0.133. The van der Waals surface area contributed by atoms with Crippen molar-refractivity contribution in [3.8, 4) is 0 Å². The molecule has 2 heterocycles. The molecule has 7 heteroatoms. The molecule has 3 fully saturated rings. The summed E-state index contributed by atoms with van der Waals surface area (Å²) in [6, 6.07) is 7.28. The first kappa shape index (κ1) is 21.2. The molecular weight excluding hydrogens is 402 g/mol. The number of carbonyl (C=O) groups is 3. The molecule has 4 rings (SSSR count). The van der Waals surface area contributed by atoms with Crippen LogP contribution in [0, 0.1) is 23.7 Å². The van der Waals surface area contributed by atoms with Gasteiger partial charge >= 0.3 is 0 Å². The highest BCUT2D eigenvalue weighted by Crippen LogP contribution is 2.39. The van der Waals surface area contributed by atoms with Gasteiger partial charge in [-0.2, -0.15) is 0 Å². The van der Waals surface area contributed by atoms with Crippen LogP contribution in [-0.4, -0.2) is 36.3 Å². The number of nitrogens with one attached hydrogen (secondary N) is 2. The number of fused-ring (bicyclic) bond motifs is 1. The number of anilines is 1. The smallest absolute Gasteiger partial charge is 0.227 e. The number of amides is 3. The molecule has 3 aliphatic rings. The second-order valence-corrected chi connectivity index (χ2v) is 9.49. The van der Waals surface area contributed by atoms with E-state index in [0.29, 0.717) is 23.4 Å². The molecule has 2 N–H and O–H groups in total. The van der Waals surface area contributed by atoms with Crippen molar-refractivity contribution >= 4 is 35.0 Å². The second kappa shape index (κ2) is 8.58. The average Bonchev–Trinajstić information content (AvgIpc) is 3.10. The number of carbonyl (C=O) groups excluding carboxylic acids is 3. The Morgan fingerprint density at radius 1 is 1.23 bits per heavy atom. The van der Waals surface area contributed by atoms with Crippen LogP contribution < -0.4 is 15.5 Å². The Bertz CT molecular complexity index is 827. The molecule has 6 unspecified atom stereocenters. The molecule has 6 atom stereocenters. The summed E-state index contributed by atoms with van der Waals surface area (Å²) in [7, 11) is 0. The minimum atomic E-state index is -0.352. The van der Waals surface area contributed by atoms with Crippen LogP contribution in [0.15, 0.2) is 24.3 Å². The maximum absolute atomic E-state index is 12.9. The molecule has 6 nitrogen and oxygen atoms in total. The average molecular weight is 432 g/mol. The van der Waals surface area contributed by atoms with Gasteiger partial charge in [-0.15, -0.1) is 0 Å². The lowest BCUT2D eigenvalue weighted by Crippen LogP contribution is -2.58. The number of benzene rings is 1. The van der Waals surface area contributed by atoms with Crippen molar-refractivity contribution in [1.29, 1.82) is 0 Å². The molecule has 0 bridgehead atoms. The molecule has 2 saturated heterocycles. The van der Waals surface area contributed by atoms with Gasteiger partial charge < -0.3 is 15.5 Å². The van der Waals surface area contributed by atoms with Gasteiger partial charge in [-0.25, -0.2) is 0 Å². The van der Waals surface area contributed by atoms with E-state index in [2.05, 4.69) is 24.5 Å². The topological polar surface area (TPSA) is 78.5 Å². The molecule has 1 aliphatic carbocycles. The van der Waals surface area contributed by atoms with Crippen molar-refractivity contribution in [2.24, 2.45) is 23.7 Å². The predicted molar refractivity (Wildman–Crippen MR) is 116 cm³/mol. The van der Waals surface area contributed by atoms with Crippen molar-refractivity contribution in [3.05, 3.63) is 29.3 Å². The van der Waals surface area contributed by atoms with Gasteiger partial charge in [0.1, 0.15) is 0 Å². The van der Waals surface area contributed by atoms with Gasteiger partial charge in [0, 0.05) is 41.7 Å². The predicted octanol–water partition coefficient (Wildman–Crippen LogP) is 3.14. The molecule has 0 aromatic heterocycles. The summed E-state index contributed by atoms with van der Waals surface area (Å²) >= 11 is 5.93. The van der Waals surface area contributed by atoms with Crippen molar-refractivity contribution in [2.45, 2.75) is 58.0 Å². The maximum atomic E-state index is 12.9. The van der Waals surface area contributed by atoms with Gasteiger partial charge in [0.25, 0.3) is 0 Å². The van der Waals surface area contributed by atoms with E-state index < -0.39 is 0 Å². The number of hydrogen-bond donors (Lipinski definition) is 2. The summed E-state index contributed by atoms with van der Waals surface area (Å²) in [5.74, 6) is 0.652. The van der Waals surface area contributed by atoms with E-state index in [1.807, 2.05) is 0 Å². The first-order valence-electron chi connectivity index (χ1n) is 11.0. The Labute approximate surface area is 182 Å². The number of nitrogens with zero attached hydrogens (tertiary/aromatic N) is 1.